The topological polar surface area (TPSA) is 66.0 Å². The molecular weight excluding hydrogens is 304 g/mol. The summed E-state index contributed by atoms with van der Waals surface area (Å²) in [4.78, 5) is 17.8. The van der Waals surface area contributed by atoms with Gasteiger partial charge in [-0.3, -0.25) is 4.79 Å². The zero-order valence-electron chi connectivity index (χ0n) is 16.1. The molecule has 140 valence electrons. The Morgan fingerprint density at radius 2 is 1.92 bits per heavy atom. The van der Waals surface area contributed by atoms with Gasteiger partial charge in [0.2, 0.25) is 5.91 Å². The Morgan fingerprint density at radius 1 is 1.25 bits per heavy atom. The lowest BCUT2D eigenvalue weighted by Crippen LogP contribution is -2.46. The minimum atomic E-state index is 0.0145. The van der Waals surface area contributed by atoms with Crippen LogP contribution in [0, 0.1) is 0 Å². The molecule has 6 nitrogen and oxygen atoms in total. The third kappa shape index (κ3) is 8.52. The second-order valence-corrected chi connectivity index (χ2v) is 7.04. The molecule has 0 bridgehead atoms. The smallest absolute Gasteiger partial charge is 0.243 e. The number of hydrogen-bond acceptors (Lipinski definition) is 3. The molecule has 24 heavy (non-hydrogen) atoms. The van der Waals surface area contributed by atoms with E-state index in [2.05, 4.69) is 36.4 Å². The van der Waals surface area contributed by atoms with E-state index < -0.39 is 0 Å². The normalized spacial score (nSPS) is 21.7. The van der Waals surface area contributed by atoms with Crippen LogP contribution < -0.4 is 10.6 Å². The Hall–Kier alpha value is -1.30. The number of unbranched alkanes of at least 4 members (excludes halogenated alkanes) is 1. The maximum absolute atomic E-state index is 11.8. The molecule has 0 heterocycles. The highest BCUT2D eigenvalue weighted by atomic mass is 16.5. The maximum Gasteiger partial charge on any atom is 0.243 e. The molecule has 6 heteroatoms. The summed E-state index contributed by atoms with van der Waals surface area (Å²) in [6.45, 7) is 7.41. The minimum absolute atomic E-state index is 0.0145. The molecule has 0 aromatic rings. The van der Waals surface area contributed by atoms with Gasteiger partial charge in [0.15, 0.2) is 5.96 Å². The van der Waals surface area contributed by atoms with Gasteiger partial charge in [-0.2, -0.15) is 0 Å². The van der Waals surface area contributed by atoms with E-state index in [4.69, 9.17) is 4.74 Å². The lowest BCUT2D eigenvalue weighted by Gasteiger charge is -2.31. The summed E-state index contributed by atoms with van der Waals surface area (Å²) in [6.07, 6.45) is 7.21. The highest BCUT2D eigenvalue weighted by Crippen LogP contribution is 2.22. The average Bonchev–Trinajstić information content (AvgIpc) is 2.53. The van der Waals surface area contributed by atoms with Crippen molar-refractivity contribution in [3.63, 3.8) is 0 Å². The summed E-state index contributed by atoms with van der Waals surface area (Å²) in [5.41, 5.74) is 0. The molecule has 1 aliphatic rings. The summed E-state index contributed by atoms with van der Waals surface area (Å²) < 4.78 is 5.91. The van der Waals surface area contributed by atoms with E-state index in [0.717, 1.165) is 51.0 Å². The second kappa shape index (κ2) is 11.3. The molecule has 0 aromatic carbocycles. The Morgan fingerprint density at radius 3 is 2.46 bits per heavy atom. The van der Waals surface area contributed by atoms with Crippen LogP contribution in [0.5, 0.6) is 0 Å². The van der Waals surface area contributed by atoms with Gasteiger partial charge >= 0.3 is 0 Å². The first-order valence-corrected chi connectivity index (χ1v) is 9.32. The summed E-state index contributed by atoms with van der Waals surface area (Å²) in [7, 11) is 3.51. The van der Waals surface area contributed by atoms with Crippen LogP contribution in [0.25, 0.3) is 0 Å². The van der Waals surface area contributed by atoms with Crippen molar-refractivity contribution in [2.45, 2.75) is 77.5 Å². The predicted octanol–water partition coefficient (Wildman–Crippen LogP) is 2.15. The number of amides is 1. The summed E-state index contributed by atoms with van der Waals surface area (Å²) in [5.74, 6) is 0.771. The highest BCUT2D eigenvalue weighted by molar-refractivity contribution is 5.84. The highest BCUT2D eigenvalue weighted by Gasteiger charge is 2.23. The van der Waals surface area contributed by atoms with Crippen molar-refractivity contribution in [2.75, 3.05) is 27.2 Å². The lowest BCUT2D eigenvalue weighted by molar-refractivity contribution is -0.127. The van der Waals surface area contributed by atoms with E-state index in [1.54, 1.807) is 19.0 Å². The number of rotatable bonds is 8. The zero-order valence-corrected chi connectivity index (χ0v) is 16.1. The molecule has 2 N–H and O–H groups in total. The van der Waals surface area contributed by atoms with Crippen LogP contribution in [0.1, 0.15) is 59.3 Å². The van der Waals surface area contributed by atoms with Gasteiger partial charge < -0.3 is 20.3 Å². The molecular formula is C18H36N4O2. The number of ether oxygens (including phenoxy) is 1. The fourth-order valence-corrected chi connectivity index (χ4v) is 2.75. The van der Waals surface area contributed by atoms with Crippen LogP contribution in [-0.4, -0.2) is 62.2 Å². The predicted molar refractivity (Wildman–Crippen MR) is 99.3 cm³/mol. The number of nitrogens with one attached hydrogen (secondary N) is 2. The van der Waals surface area contributed by atoms with Crippen molar-refractivity contribution < 1.29 is 9.53 Å². The van der Waals surface area contributed by atoms with E-state index in [0.29, 0.717) is 18.2 Å². The molecule has 1 fully saturated rings. The van der Waals surface area contributed by atoms with Crippen molar-refractivity contribution in [2.24, 2.45) is 4.99 Å². The van der Waals surface area contributed by atoms with Crippen LogP contribution in [-0.2, 0) is 9.53 Å². The maximum atomic E-state index is 11.8. The van der Waals surface area contributed by atoms with Crippen molar-refractivity contribution in [3.05, 3.63) is 0 Å². The largest absolute Gasteiger partial charge is 0.376 e. The molecule has 1 amide bonds. The molecule has 0 spiro atoms. The number of hydrogen-bond donors (Lipinski definition) is 2. The van der Waals surface area contributed by atoms with Gasteiger partial charge in [0.25, 0.3) is 0 Å². The number of likely N-dealkylation sites (N-methyl/N-ethyl adjacent to an activating group) is 1. The number of carbonyl (C=O) groups is 1. The van der Waals surface area contributed by atoms with Gasteiger partial charge in [0, 0.05) is 26.7 Å². The summed E-state index contributed by atoms with van der Waals surface area (Å²) in [5, 5.41) is 6.84. The van der Waals surface area contributed by atoms with Crippen molar-refractivity contribution in [1.82, 2.24) is 15.5 Å². The number of nitrogens with zero attached hydrogens (tertiary/aromatic N) is 2. The quantitative estimate of drug-likeness (QED) is 0.404. The molecule has 0 atom stereocenters. The van der Waals surface area contributed by atoms with Crippen LogP contribution in [0.2, 0.25) is 0 Å². The van der Waals surface area contributed by atoms with E-state index in [9.17, 15) is 4.79 Å². The van der Waals surface area contributed by atoms with E-state index in [1.165, 1.54) is 0 Å². The Kier molecular flexibility index (Phi) is 9.76. The van der Waals surface area contributed by atoms with Gasteiger partial charge in [0.1, 0.15) is 6.54 Å². The zero-order chi connectivity index (χ0) is 17.9. The minimum Gasteiger partial charge on any atom is -0.376 e. The van der Waals surface area contributed by atoms with Crippen molar-refractivity contribution >= 4 is 11.9 Å². The fraction of sp³-hybridized carbons (Fsp3) is 0.889. The molecule has 1 aliphatic carbocycles. The van der Waals surface area contributed by atoms with Crippen LogP contribution in [0.3, 0.4) is 0 Å². The molecule has 1 rings (SSSR count). The molecule has 0 unspecified atom stereocenters. The van der Waals surface area contributed by atoms with E-state index >= 15 is 0 Å². The number of guanidine groups is 1. The van der Waals surface area contributed by atoms with E-state index in [1.807, 2.05) is 0 Å². The third-order valence-corrected chi connectivity index (χ3v) is 4.17. The SMILES string of the molecule is CCCCNC(=NCC(=O)N(C)C)NC1CCC(OC(C)C)CC1. The van der Waals surface area contributed by atoms with Gasteiger partial charge in [-0.1, -0.05) is 13.3 Å². The number of carbonyl (C=O) groups excluding carboxylic acids is 1. The Bertz CT molecular complexity index is 388. The monoisotopic (exact) mass is 340 g/mol. The first-order valence-electron chi connectivity index (χ1n) is 9.32. The fourth-order valence-electron chi connectivity index (χ4n) is 2.75. The second-order valence-electron chi connectivity index (χ2n) is 7.04. The first-order chi connectivity index (χ1) is 11.4. The molecule has 1 saturated carbocycles. The molecule has 0 radical (unpaired) electrons. The van der Waals surface area contributed by atoms with Gasteiger partial charge in [0.05, 0.1) is 12.2 Å². The van der Waals surface area contributed by atoms with E-state index in [-0.39, 0.29) is 12.5 Å². The van der Waals surface area contributed by atoms with Crippen LogP contribution >= 0.6 is 0 Å². The Labute approximate surface area is 147 Å². The van der Waals surface area contributed by atoms with Gasteiger partial charge in [-0.05, 0) is 46.0 Å². The van der Waals surface area contributed by atoms with Gasteiger partial charge in [-0.15, -0.1) is 0 Å². The summed E-state index contributed by atoms with van der Waals surface area (Å²) >= 11 is 0. The van der Waals surface area contributed by atoms with Crippen molar-refractivity contribution in [3.8, 4) is 0 Å². The summed E-state index contributed by atoms with van der Waals surface area (Å²) in [6, 6.07) is 0.402. The number of aliphatic imine (C=N–C) groups is 1. The third-order valence-electron chi connectivity index (χ3n) is 4.17. The van der Waals surface area contributed by atoms with Crippen LogP contribution in [0.4, 0.5) is 0 Å². The standard InChI is InChI=1S/C18H36N4O2/c1-6-7-12-19-18(20-13-17(23)22(4)5)21-15-8-10-16(11-9-15)24-14(2)3/h14-16H,6-13H2,1-5H3,(H2,19,20,21). The van der Waals surface area contributed by atoms with Gasteiger partial charge in [-0.25, -0.2) is 4.99 Å². The van der Waals surface area contributed by atoms with Crippen LogP contribution in [0.15, 0.2) is 4.99 Å². The van der Waals surface area contributed by atoms with Crippen molar-refractivity contribution in [1.29, 1.82) is 0 Å². The molecule has 0 aromatic heterocycles. The lowest BCUT2D eigenvalue weighted by atomic mass is 9.93. The Balaban J connectivity index is 2.49. The molecule has 0 aliphatic heterocycles. The average molecular weight is 341 g/mol. The first kappa shape index (κ1) is 20.7. The molecule has 0 saturated heterocycles.